The van der Waals surface area contributed by atoms with Crippen molar-refractivity contribution in [3.63, 3.8) is 0 Å². The highest BCUT2D eigenvalue weighted by Gasteiger charge is 2.45. The van der Waals surface area contributed by atoms with Crippen molar-refractivity contribution in [2.24, 2.45) is 0 Å². The first-order valence-electron chi connectivity index (χ1n) is 9.94. The van der Waals surface area contributed by atoms with E-state index in [2.05, 4.69) is 11.6 Å². The number of rotatable bonds is 6. The molecule has 7 nitrogen and oxygen atoms in total. The largest absolute Gasteiger partial charge is 0.493 e. The van der Waals surface area contributed by atoms with Crippen LogP contribution >= 0.6 is 11.3 Å². The van der Waals surface area contributed by atoms with Crippen molar-refractivity contribution in [1.82, 2.24) is 4.98 Å². The Morgan fingerprint density at radius 2 is 2.09 bits per heavy atom. The number of carbonyl (C=O) groups is 1. The minimum atomic E-state index is -0.843. The van der Waals surface area contributed by atoms with Gasteiger partial charge in [0, 0.05) is 11.6 Å². The van der Waals surface area contributed by atoms with Crippen LogP contribution in [0.15, 0.2) is 69.8 Å². The van der Waals surface area contributed by atoms with E-state index in [0.29, 0.717) is 22.2 Å². The summed E-state index contributed by atoms with van der Waals surface area (Å²) in [5.41, 5.74) is 0.367. The Bertz CT molecular complexity index is 1450. The summed E-state index contributed by atoms with van der Waals surface area (Å²) >= 11 is 1.25. The Hall–Kier alpha value is -3.98. The van der Waals surface area contributed by atoms with E-state index in [1.165, 1.54) is 35.5 Å². The van der Waals surface area contributed by atoms with E-state index < -0.39 is 23.2 Å². The van der Waals surface area contributed by atoms with Gasteiger partial charge < -0.3 is 13.9 Å². The molecule has 5 rings (SSSR count). The summed E-state index contributed by atoms with van der Waals surface area (Å²) < 4.78 is 30.8. The fraction of sp³-hybridized carbons (Fsp3) is 0.125. The third-order valence-electron chi connectivity index (χ3n) is 5.32. The molecule has 2 aromatic carbocycles. The number of nitrogens with zero attached hydrogens (tertiary/aromatic N) is 2. The van der Waals surface area contributed by atoms with Crippen molar-refractivity contribution in [2.45, 2.75) is 6.04 Å². The number of fused-ring (bicyclic) bond motifs is 2. The van der Waals surface area contributed by atoms with Gasteiger partial charge >= 0.3 is 0 Å². The highest BCUT2D eigenvalue weighted by atomic mass is 32.1. The van der Waals surface area contributed by atoms with Gasteiger partial charge in [0.1, 0.15) is 18.0 Å². The molecule has 9 heteroatoms. The summed E-state index contributed by atoms with van der Waals surface area (Å²) in [6, 6.07) is 7.93. The van der Waals surface area contributed by atoms with Crippen molar-refractivity contribution in [1.29, 1.82) is 0 Å². The average molecular weight is 464 g/mol. The molecule has 1 amide bonds. The first-order valence-corrected chi connectivity index (χ1v) is 10.8. The molecule has 0 N–H and O–H groups in total. The predicted octanol–water partition coefficient (Wildman–Crippen LogP) is 4.71. The van der Waals surface area contributed by atoms with Gasteiger partial charge in [-0.15, -0.1) is 11.3 Å². The number of benzene rings is 2. The van der Waals surface area contributed by atoms with Crippen LogP contribution in [0.3, 0.4) is 0 Å². The average Bonchev–Trinajstić information content (AvgIpc) is 3.45. The molecule has 0 saturated heterocycles. The van der Waals surface area contributed by atoms with E-state index in [-0.39, 0.29) is 28.9 Å². The standard InChI is InChI=1S/C24H17FN2O5S/c1-3-9-31-17-6-4-13(11-18(17)30-2)20-19-21(28)15-12-14(25)5-7-16(15)32-22(19)23(29)27(20)24-26-8-10-33-24/h3-8,10-12,20H,1,9H2,2H3. The lowest BCUT2D eigenvalue weighted by molar-refractivity contribution is 0.0971. The van der Waals surface area contributed by atoms with E-state index in [1.54, 1.807) is 35.9 Å². The lowest BCUT2D eigenvalue weighted by Gasteiger charge is -2.23. The van der Waals surface area contributed by atoms with Crippen molar-refractivity contribution < 1.29 is 23.1 Å². The zero-order valence-electron chi connectivity index (χ0n) is 17.4. The number of hydrogen-bond acceptors (Lipinski definition) is 7. The second kappa shape index (κ2) is 8.18. The minimum absolute atomic E-state index is 0.0606. The van der Waals surface area contributed by atoms with Crippen LogP contribution in [-0.2, 0) is 0 Å². The van der Waals surface area contributed by atoms with Crippen LogP contribution < -0.4 is 19.8 Å². The normalized spacial score (nSPS) is 15.0. The molecule has 1 unspecified atom stereocenters. The molecule has 1 atom stereocenters. The highest BCUT2D eigenvalue weighted by molar-refractivity contribution is 7.13. The van der Waals surface area contributed by atoms with Gasteiger partial charge in [0.25, 0.3) is 5.91 Å². The van der Waals surface area contributed by atoms with Crippen LogP contribution in [-0.4, -0.2) is 24.6 Å². The molecular weight excluding hydrogens is 447 g/mol. The van der Waals surface area contributed by atoms with Gasteiger partial charge in [-0.1, -0.05) is 18.7 Å². The molecule has 0 saturated carbocycles. The maximum atomic E-state index is 13.9. The van der Waals surface area contributed by atoms with Gasteiger partial charge in [-0.05, 0) is 35.9 Å². The summed E-state index contributed by atoms with van der Waals surface area (Å²) in [6.45, 7) is 3.92. The Balaban J connectivity index is 1.75. The predicted molar refractivity (Wildman–Crippen MR) is 122 cm³/mol. The van der Waals surface area contributed by atoms with E-state index in [1.807, 2.05) is 0 Å². The first-order chi connectivity index (χ1) is 16.0. The molecule has 0 radical (unpaired) electrons. The van der Waals surface area contributed by atoms with Gasteiger partial charge in [-0.2, -0.15) is 0 Å². The topological polar surface area (TPSA) is 81.9 Å². The van der Waals surface area contributed by atoms with Crippen LogP contribution in [0.4, 0.5) is 9.52 Å². The van der Waals surface area contributed by atoms with E-state index in [9.17, 15) is 14.0 Å². The fourth-order valence-corrected chi connectivity index (χ4v) is 4.58. The maximum Gasteiger partial charge on any atom is 0.297 e. The van der Waals surface area contributed by atoms with Gasteiger partial charge in [0.15, 0.2) is 22.1 Å². The van der Waals surface area contributed by atoms with Crippen molar-refractivity contribution >= 4 is 33.3 Å². The lowest BCUT2D eigenvalue weighted by atomic mass is 9.98. The van der Waals surface area contributed by atoms with Crippen LogP contribution in [0.5, 0.6) is 11.5 Å². The number of amides is 1. The van der Waals surface area contributed by atoms with E-state index in [0.717, 1.165) is 6.07 Å². The Labute approximate surface area is 191 Å². The van der Waals surface area contributed by atoms with Crippen LogP contribution in [0.1, 0.15) is 27.7 Å². The fourth-order valence-electron chi connectivity index (χ4n) is 3.91. The molecule has 166 valence electrons. The number of carbonyl (C=O) groups excluding carboxylic acids is 1. The summed E-state index contributed by atoms with van der Waals surface area (Å²) in [5.74, 6) is -0.257. The molecule has 2 aromatic heterocycles. The van der Waals surface area contributed by atoms with Crippen molar-refractivity contribution in [3.05, 3.63) is 93.6 Å². The lowest BCUT2D eigenvalue weighted by Crippen LogP contribution is -2.29. The third-order valence-corrected chi connectivity index (χ3v) is 6.09. The number of halogens is 1. The van der Waals surface area contributed by atoms with Crippen molar-refractivity contribution in [3.8, 4) is 11.5 Å². The Morgan fingerprint density at radius 1 is 1.24 bits per heavy atom. The molecule has 3 heterocycles. The summed E-state index contributed by atoms with van der Waals surface area (Å²) in [4.78, 5) is 32.6. The highest BCUT2D eigenvalue weighted by Crippen LogP contribution is 2.43. The Morgan fingerprint density at radius 3 is 2.82 bits per heavy atom. The number of anilines is 1. The minimum Gasteiger partial charge on any atom is -0.493 e. The second-order valence-corrected chi connectivity index (χ2v) is 8.09. The number of thiazole rings is 1. The molecule has 4 aromatic rings. The molecule has 1 aliphatic heterocycles. The van der Waals surface area contributed by atoms with E-state index >= 15 is 0 Å². The molecule has 1 aliphatic rings. The van der Waals surface area contributed by atoms with Crippen LogP contribution in [0, 0.1) is 5.82 Å². The van der Waals surface area contributed by atoms with Crippen molar-refractivity contribution in [2.75, 3.05) is 18.6 Å². The molecule has 33 heavy (non-hydrogen) atoms. The molecule has 0 fully saturated rings. The smallest absolute Gasteiger partial charge is 0.297 e. The summed E-state index contributed by atoms with van der Waals surface area (Å²) in [5, 5.41) is 2.19. The zero-order chi connectivity index (χ0) is 23.1. The quantitative estimate of drug-likeness (QED) is 0.385. The van der Waals surface area contributed by atoms with Gasteiger partial charge in [-0.3, -0.25) is 14.5 Å². The number of ether oxygens (including phenoxy) is 2. The molecule has 0 spiro atoms. The second-order valence-electron chi connectivity index (χ2n) is 7.22. The number of methoxy groups -OCH3 is 1. The summed E-state index contributed by atoms with van der Waals surface area (Å²) in [6.07, 6.45) is 3.18. The first kappa shape index (κ1) is 20.9. The van der Waals surface area contributed by atoms with Crippen LogP contribution in [0.25, 0.3) is 11.0 Å². The SMILES string of the molecule is C=CCOc1ccc(C2c3c(oc4ccc(F)cc4c3=O)C(=O)N2c2nccs2)cc1OC. The Kier molecular flexibility index (Phi) is 5.18. The molecule has 0 aliphatic carbocycles. The number of hydrogen-bond donors (Lipinski definition) is 0. The van der Waals surface area contributed by atoms with Gasteiger partial charge in [-0.25, -0.2) is 9.37 Å². The van der Waals surface area contributed by atoms with Gasteiger partial charge in [0.2, 0.25) is 5.76 Å². The maximum absolute atomic E-state index is 13.9. The monoisotopic (exact) mass is 464 g/mol. The zero-order valence-corrected chi connectivity index (χ0v) is 18.2. The number of aromatic nitrogens is 1. The molecule has 0 bridgehead atoms. The third kappa shape index (κ3) is 3.37. The summed E-state index contributed by atoms with van der Waals surface area (Å²) in [7, 11) is 1.50. The molecular formula is C24H17FN2O5S. The van der Waals surface area contributed by atoms with Gasteiger partial charge in [0.05, 0.1) is 24.1 Å². The van der Waals surface area contributed by atoms with Crippen LogP contribution in [0.2, 0.25) is 0 Å². The van der Waals surface area contributed by atoms with E-state index in [4.69, 9.17) is 13.9 Å².